The second-order valence-corrected chi connectivity index (χ2v) is 6.49. The summed E-state index contributed by atoms with van der Waals surface area (Å²) in [4.78, 5) is 30.9. The van der Waals surface area contributed by atoms with Crippen molar-refractivity contribution in [2.24, 2.45) is 0 Å². The molecule has 0 saturated heterocycles. The van der Waals surface area contributed by atoms with Gasteiger partial charge in [-0.1, -0.05) is 13.3 Å². The van der Waals surface area contributed by atoms with Gasteiger partial charge in [-0.05, 0) is 43.2 Å². The summed E-state index contributed by atoms with van der Waals surface area (Å²) in [6, 6.07) is 7.26. The van der Waals surface area contributed by atoms with Crippen molar-refractivity contribution in [2.75, 3.05) is 5.32 Å². The Morgan fingerprint density at radius 1 is 1.23 bits per heavy atom. The average molecular weight is 315 g/mol. The Kier molecular flexibility index (Phi) is 3.85. The topological polar surface area (TPSA) is 77.8 Å². The van der Waals surface area contributed by atoms with Crippen molar-refractivity contribution in [3.8, 4) is 0 Å². The lowest BCUT2D eigenvalue weighted by Crippen LogP contribution is -2.10. The third-order valence-electron chi connectivity index (χ3n) is 3.54. The molecule has 0 spiro atoms. The molecule has 0 bridgehead atoms. The summed E-state index contributed by atoms with van der Waals surface area (Å²) in [6.45, 7) is 4.17. The van der Waals surface area contributed by atoms with Gasteiger partial charge in [0.1, 0.15) is 0 Å². The van der Waals surface area contributed by atoms with Crippen molar-refractivity contribution in [2.45, 2.75) is 26.7 Å². The third kappa shape index (κ3) is 2.82. The molecule has 0 atom stereocenters. The number of imidazole rings is 1. The second-order valence-electron chi connectivity index (χ2n) is 5.24. The van der Waals surface area contributed by atoms with E-state index in [9.17, 15) is 9.59 Å². The maximum absolute atomic E-state index is 12.3. The molecule has 2 heterocycles. The van der Waals surface area contributed by atoms with Gasteiger partial charge in [-0.3, -0.25) is 4.79 Å². The molecule has 1 amide bonds. The fourth-order valence-electron chi connectivity index (χ4n) is 2.45. The summed E-state index contributed by atoms with van der Waals surface area (Å²) in [5, 5.41) is 2.88. The summed E-state index contributed by atoms with van der Waals surface area (Å²) in [6.07, 6.45) is 2.06. The number of fused-ring (bicyclic) bond motifs is 1. The highest BCUT2D eigenvalue weighted by Crippen LogP contribution is 2.24. The number of hydrogen-bond donors (Lipinski definition) is 3. The lowest BCUT2D eigenvalue weighted by Gasteiger charge is -2.03. The minimum Gasteiger partial charge on any atom is -0.321 e. The van der Waals surface area contributed by atoms with Gasteiger partial charge in [0.25, 0.3) is 5.91 Å². The number of carbonyl (C=O) groups excluding carboxylic acids is 1. The summed E-state index contributed by atoms with van der Waals surface area (Å²) in [5.41, 5.74) is 3.05. The molecule has 0 radical (unpaired) electrons. The molecule has 0 aliphatic carbocycles. The average Bonchev–Trinajstić information content (AvgIpc) is 3.01. The third-order valence-corrected chi connectivity index (χ3v) is 4.63. The van der Waals surface area contributed by atoms with Gasteiger partial charge < -0.3 is 15.3 Å². The number of H-pyrrole nitrogens is 2. The summed E-state index contributed by atoms with van der Waals surface area (Å²) in [5.74, 6) is -0.118. The van der Waals surface area contributed by atoms with Crippen molar-refractivity contribution >= 4 is 34.0 Å². The molecular weight excluding hydrogens is 298 g/mol. The highest BCUT2D eigenvalue weighted by Gasteiger charge is 2.12. The van der Waals surface area contributed by atoms with Crippen molar-refractivity contribution in [3.63, 3.8) is 0 Å². The highest BCUT2D eigenvalue weighted by atomic mass is 32.1. The Bertz CT molecular complexity index is 888. The van der Waals surface area contributed by atoms with E-state index in [-0.39, 0.29) is 11.6 Å². The zero-order valence-electron chi connectivity index (χ0n) is 12.4. The van der Waals surface area contributed by atoms with Gasteiger partial charge in [-0.2, -0.15) is 0 Å². The molecule has 0 aliphatic rings. The van der Waals surface area contributed by atoms with E-state index < -0.39 is 0 Å². The zero-order valence-corrected chi connectivity index (χ0v) is 13.3. The number of anilines is 1. The van der Waals surface area contributed by atoms with Crippen molar-refractivity contribution in [3.05, 3.63) is 50.1 Å². The summed E-state index contributed by atoms with van der Waals surface area (Å²) < 4.78 is 0. The Hall–Kier alpha value is -2.34. The van der Waals surface area contributed by atoms with Crippen molar-refractivity contribution in [1.29, 1.82) is 0 Å². The first-order valence-electron chi connectivity index (χ1n) is 7.19. The van der Waals surface area contributed by atoms with E-state index in [1.807, 2.05) is 13.0 Å². The minimum atomic E-state index is -0.253. The molecule has 0 unspecified atom stereocenters. The molecule has 114 valence electrons. The molecule has 3 N–H and O–H groups in total. The molecule has 0 aliphatic heterocycles. The number of amides is 1. The predicted octanol–water partition coefficient (Wildman–Crippen LogP) is 3.43. The largest absolute Gasteiger partial charge is 0.323 e. The van der Waals surface area contributed by atoms with Crippen LogP contribution >= 0.6 is 11.3 Å². The van der Waals surface area contributed by atoms with E-state index in [1.54, 1.807) is 18.2 Å². The van der Waals surface area contributed by atoms with Gasteiger partial charge >= 0.3 is 5.69 Å². The smallest absolute Gasteiger partial charge is 0.321 e. The fraction of sp³-hybridized carbons (Fsp3) is 0.250. The molecule has 1 aromatic carbocycles. The van der Waals surface area contributed by atoms with Crippen LogP contribution < -0.4 is 11.0 Å². The normalized spacial score (nSPS) is 11.0. The number of aromatic nitrogens is 2. The monoisotopic (exact) mass is 315 g/mol. The zero-order chi connectivity index (χ0) is 15.7. The van der Waals surface area contributed by atoms with Crippen LogP contribution in [0, 0.1) is 6.92 Å². The van der Waals surface area contributed by atoms with Gasteiger partial charge in [0.2, 0.25) is 0 Å². The number of nitrogens with one attached hydrogen (secondary N) is 3. The molecule has 3 aromatic rings. The van der Waals surface area contributed by atoms with E-state index >= 15 is 0 Å². The first kappa shape index (κ1) is 14.6. The maximum atomic E-state index is 12.3. The number of carbonyl (C=O) groups is 1. The van der Waals surface area contributed by atoms with Gasteiger partial charge in [0.05, 0.1) is 15.9 Å². The van der Waals surface area contributed by atoms with E-state index in [0.29, 0.717) is 16.1 Å². The van der Waals surface area contributed by atoms with Crippen LogP contribution in [0.15, 0.2) is 29.1 Å². The summed E-state index contributed by atoms with van der Waals surface area (Å²) >= 11 is 1.51. The maximum Gasteiger partial charge on any atom is 0.323 e. The number of aryl methyl sites for hydroxylation is 2. The number of hydrogen-bond acceptors (Lipinski definition) is 3. The lowest BCUT2D eigenvalue weighted by atomic mass is 10.1. The van der Waals surface area contributed by atoms with Gasteiger partial charge in [0, 0.05) is 10.6 Å². The Balaban J connectivity index is 1.82. The van der Waals surface area contributed by atoms with Crippen LogP contribution in [-0.4, -0.2) is 15.9 Å². The van der Waals surface area contributed by atoms with Crippen LogP contribution in [0.3, 0.4) is 0 Å². The fourth-order valence-corrected chi connectivity index (χ4v) is 3.42. The number of benzene rings is 1. The van der Waals surface area contributed by atoms with Crippen LogP contribution in [0.2, 0.25) is 0 Å². The van der Waals surface area contributed by atoms with Gasteiger partial charge in [-0.15, -0.1) is 11.3 Å². The molecule has 5 nitrogen and oxygen atoms in total. The molecule has 22 heavy (non-hydrogen) atoms. The molecule has 0 fully saturated rings. The molecule has 2 aromatic heterocycles. The number of thiophene rings is 1. The van der Waals surface area contributed by atoms with Crippen molar-refractivity contribution in [1.82, 2.24) is 9.97 Å². The van der Waals surface area contributed by atoms with E-state index in [1.165, 1.54) is 21.8 Å². The lowest BCUT2D eigenvalue weighted by molar-refractivity contribution is 0.103. The first-order valence-corrected chi connectivity index (χ1v) is 8.01. The van der Waals surface area contributed by atoms with Crippen LogP contribution in [0.1, 0.15) is 33.5 Å². The highest BCUT2D eigenvalue weighted by molar-refractivity contribution is 7.14. The van der Waals surface area contributed by atoms with Crippen LogP contribution in [-0.2, 0) is 6.42 Å². The van der Waals surface area contributed by atoms with Gasteiger partial charge in [0.15, 0.2) is 0 Å². The van der Waals surface area contributed by atoms with E-state index in [2.05, 4.69) is 22.2 Å². The SMILES string of the molecule is CCCc1cc(C(=O)Nc2ccc3[nH]c(=O)[nH]c3c2)sc1C. The van der Waals surface area contributed by atoms with Crippen LogP contribution in [0.5, 0.6) is 0 Å². The number of aromatic amines is 2. The molecule has 3 rings (SSSR count). The molecule has 0 saturated carbocycles. The molecule has 6 heteroatoms. The number of rotatable bonds is 4. The first-order chi connectivity index (χ1) is 10.6. The van der Waals surface area contributed by atoms with Gasteiger partial charge in [-0.25, -0.2) is 4.79 Å². The van der Waals surface area contributed by atoms with Crippen molar-refractivity contribution < 1.29 is 4.79 Å². The standard InChI is InChI=1S/C16H17N3O2S/c1-3-4-10-7-14(22-9(10)2)15(20)17-11-5-6-12-13(8-11)19-16(21)18-12/h5-8H,3-4H2,1-2H3,(H,17,20)(H2,18,19,21). The van der Waals surface area contributed by atoms with Crippen LogP contribution in [0.25, 0.3) is 11.0 Å². The molecular formula is C16H17N3O2S. The quantitative estimate of drug-likeness (QED) is 0.689. The Labute approximate surface area is 131 Å². The summed E-state index contributed by atoms with van der Waals surface area (Å²) in [7, 11) is 0. The van der Waals surface area contributed by atoms with E-state index in [0.717, 1.165) is 18.4 Å². The van der Waals surface area contributed by atoms with Crippen LogP contribution in [0.4, 0.5) is 5.69 Å². The van der Waals surface area contributed by atoms with E-state index in [4.69, 9.17) is 0 Å². The predicted molar refractivity (Wildman–Crippen MR) is 89.9 cm³/mol. The minimum absolute atomic E-state index is 0.118. The second kappa shape index (κ2) is 5.81. The Morgan fingerprint density at radius 2 is 2.00 bits per heavy atom. The Morgan fingerprint density at radius 3 is 2.77 bits per heavy atom.